The Labute approximate surface area is 145 Å². The molecule has 0 spiro atoms. The molecule has 0 amide bonds. The molecule has 0 heterocycles. The van der Waals surface area contributed by atoms with Gasteiger partial charge in [-0.25, -0.2) is 0 Å². The molecule has 25 heavy (non-hydrogen) atoms. The average molecular weight is 328 g/mol. The second-order valence-corrected chi connectivity index (χ2v) is 5.96. The predicted octanol–water partition coefficient (Wildman–Crippen LogP) is 3.66. The number of benzene rings is 3. The number of rotatable bonds is 3. The monoisotopic (exact) mass is 328 g/mol. The van der Waals surface area contributed by atoms with Crippen molar-refractivity contribution < 1.29 is 9.59 Å². The van der Waals surface area contributed by atoms with E-state index in [-0.39, 0.29) is 11.6 Å². The maximum Gasteiger partial charge on any atom is 0.196 e. The van der Waals surface area contributed by atoms with Crippen molar-refractivity contribution in [2.45, 2.75) is 6.54 Å². The molecule has 0 unspecified atom stereocenters. The normalized spacial score (nSPS) is 12.5. The molecule has 3 aromatic rings. The molecule has 3 aromatic carbocycles. The van der Waals surface area contributed by atoms with E-state index >= 15 is 0 Å². The first-order valence-electron chi connectivity index (χ1n) is 8.06. The molecule has 0 bridgehead atoms. The van der Waals surface area contributed by atoms with E-state index < -0.39 is 0 Å². The number of hydrogen-bond donors (Lipinski definition) is 2. The Morgan fingerprint density at radius 3 is 2.04 bits per heavy atom. The fourth-order valence-corrected chi connectivity index (χ4v) is 3.13. The molecule has 0 atom stereocenters. The number of fused-ring (bicyclic) bond motifs is 2. The summed E-state index contributed by atoms with van der Waals surface area (Å²) in [6.07, 6.45) is 0. The van der Waals surface area contributed by atoms with Crippen molar-refractivity contribution in [2.75, 3.05) is 5.32 Å². The molecule has 4 heteroatoms. The molecule has 3 N–H and O–H groups in total. The Morgan fingerprint density at radius 1 is 0.720 bits per heavy atom. The number of anilines is 2. The van der Waals surface area contributed by atoms with Crippen LogP contribution in [-0.4, -0.2) is 11.6 Å². The highest BCUT2D eigenvalue weighted by atomic mass is 16.1. The minimum Gasteiger partial charge on any atom is -0.355 e. The van der Waals surface area contributed by atoms with E-state index in [1.807, 2.05) is 30.3 Å². The van der Waals surface area contributed by atoms with Gasteiger partial charge >= 0.3 is 0 Å². The predicted molar refractivity (Wildman–Crippen MR) is 97.4 cm³/mol. The molecule has 0 aliphatic heterocycles. The maximum absolute atomic E-state index is 13.0. The van der Waals surface area contributed by atoms with Crippen LogP contribution in [0.5, 0.6) is 0 Å². The molecular weight excluding hydrogens is 312 g/mol. The van der Waals surface area contributed by atoms with Gasteiger partial charge in [-0.15, -0.1) is 0 Å². The summed E-state index contributed by atoms with van der Waals surface area (Å²) < 4.78 is 0. The number of nitrogens with two attached hydrogens (primary N) is 1. The van der Waals surface area contributed by atoms with E-state index in [2.05, 4.69) is 5.32 Å². The van der Waals surface area contributed by atoms with E-state index in [4.69, 9.17) is 5.73 Å². The molecule has 1 aliphatic rings. The number of nitrogens with one attached hydrogen (secondary N) is 1. The van der Waals surface area contributed by atoms with Crippen molar-refractivity contribution in [1.29, 1.82) is 0 Å². The van der Waals surface area contributed by atoms with E-state index in [1.54, 1.807) is 36.4 Å². The largest absolute Gasteiger partial charge is 0.355 e. The van der Waals surface area contributed by atoms with Crippen LogP contribution in [0.15, 0.2) is 66.7 Å². The number of carbonyl (C=O) groups excluding carboxylic acids is 2. The summed E-state index contributed by atoms with van der Waals surface area (Å²) in [5.74, 6) is -0.251. The molecule has 4 nitrogen and oxygen atoms in total. The highest BCUT2D eigenvalue weighted by Gasteiger charge is 2.31. The fraction of sp³-hybridized carbons (Fsp3) is 0.0476. The highest BCUT2D eigenvalue weighted by Crippen LogP contribution is 2.33. The zero-order chi connectivity index (χ0) is 17.4. The third kappa shape index (κ3) is 2.53. The van der Waals surface area contributed by atoms with Crippen LogP contribution in [0.2, 0.25) is 0 Å². The smallest absolute Gasteiger partial charge is 0.196 e. The Hall–Kier alpha value is -3.24. The first-order valence-corrected chi connectivity index (χ1v) is 8.06. The zero-order valence-corrected chi connectivity index (χ0v) is 13.5. The van der Waals surface area contributed by atoms with Gasteiger partial charge < -0.3 is 11.1 Å². The van der Waals surface area contributed by atoms with Crippen molar-refractivity contribution in [2.24, 2.45) is 5.73 Å². The van der Waals surface area contributed by atoms with E-state index in [0.29, 0.717) is 34.5 Å². The van der Waals surface area contributed by atoms with E-state index in [1.165, 1.54) is 0 Å². The van der Waals surface area contributed by atoms with Crippen LogP contribution in [0.4, 0.5) is 11.4 Å². The van der Waals surface area contributed by atoms with Crippen molar-refractivity contribution >= 4 is 22.9 Å². The first kappa shape index (κ1) is 15.3. The zero-order valence-electron chi connectivity index (χ0n) is 13.5. The van der Waals surface area contributed by atoms with Gasteiger partial charge in [0.05, 0.1) is 11.3 Å². The highest BCUT2D eigenvalue weighted by molar-refractivity contribution is 6.30. The maximum atomic E-state index is 13.0. The van der Waals surface area contributed by atoms with Gasteiger partial charge in [0.2, 0.25) is 0 Å². The van der Waals surface area contributed by atoms with Gasteiger partial charge in [0.15, 0.2) is 11.6 Å². The van der Waals surface area contributed by atoms with Gasteiger partial charge in [-0.1, -0.05) is 48.5 Å². The van der Waals surface area contributed by atoms with Crippen LogP contribution in [0.3, 0.4) is 0 Å². The lowest BCUT2D eigenvalue weighted by Gasteiger charge is -2.20. The fourth-order valence-electron chi connectivity index (χ4n) is 3.13. The number of hydrogen-bond acceptors (Lipinski definition) is 4. The lowest BCUT2D eigenvalue weighted by Crippen LogP contribution is -2.22. The Morgan fingerprint density at radius 2 is 1.36 bits per heavy atom. The van der Waals surface area contributed by atoms with Crippen LogP contribution in [0, 0.1) is 0 Å². The topological polar surface area (TPSA) is 72.2 Å². The summed E-state index contributed by atoms with van der Waals surface area (Å²) in [7, 11) is 0. The minimum absolute atomic E-state index is 0.118. The van der Waals surface area contributed by atoms with Crippen LogP contribution in [-0.2, 0) is 6.54 Å². The van der Waals surface area contributed by atoms with Gasteiger partial charge in [0.1, 0.15) is 0 Å². The molecule has 122 valence electrons. The third-order valence-corrected chi connectivity index (χ3v) is 4.42. The van der Waals surface area contributed by atoms with Crippen LogP contribution >= 0.6 is 0 Å². The van der Waals surface area contributed by atoms with Gasteiger partial charge in [0, 0.05) is 28.9 Å². The second-order valence-electron chi connectivity index (χ2n) is 5.96. The van der Waals surface area contributed by atoms with Gasteiger partial charge in [0.25, 0.3) is 0 Å². The Kier molecular flexibility index (Phi) is 3.67. The molecule has 0 fully saturated rings. The molecule has 0 aromatic heterocycles. The summed E-state index contributed by atoms with van der Waals surface area (Å²) in [6, 6.07) is 19.9. The Balaban J connectivity index is 1.79. The van der Waals surface area contributed by atoms with Crippen LogP contribution < -0.4 is 11.1 Å². The Bertz CT molecular complexity index is 991. The van der Waals surface area contributed by atoms with Crippen molar-refractivity contribution in [3.8, 4) is 0 Å². The number of ketones is 2. The van der Waals surface area contributed by atoms with Crippen molar-refractivity contribution in [3.05, 3.63) is 94.5 Å². The standard InChI is InChI=1S/C21H16N2O2/c22-12-13-8-10-14(11-9-13)23-18-7-3-6-17-19(18)21(25)16-5-2-1-4-15(16)20(17)24/h1-11,23H,12,22H2. The molecule has 4 rings (SSSR count). The van der Waals surface area contributed by atoms with E-state index in [9.17, 15) is 9.59 Å². The quantitative estimate of drug-likeness (QED) is 0.602. The van der Waals surface area contributed by atoms with Crippen molar-refractivity contribution in [3.63, 3.8) is 0 Å². The van der Waals surface area contributed by atoms with Gasteiger partial charge in [-0.05, 0) is 23.8 Å². The molecule has 0 saturated heterocycles. The lowest BCUT2D eigenvalue weighted by atomic mass is 9.83. The first-order chi connectivity index (χ1) is 12.2. The number of carbonyl (C=O) groups is 2. The summed E-state index contributed by atoms with van der Waals surface area (Å²) in [5, 5.41) is 3.25. The SMILES string of the molecule is NCc1ccc(Nc2cccc3c2C(=O)c2ccccc2C3=O)cc1. The molecular formula is C21H16N2O2. The summed E-state index contributed by atoms with van der Waals surface area (Å²) in [4.78, 5) is 25.7. The van der Waals surface area contributed by atoms with Crippen molar-refractivity contribution in [1.82, 2.24) is 0 Å². The van der Waals surface area contributed by atoms with Gasteiger partial charge in [-0.2, -0.15) is 0 Å². The lowest BCUT2D eigenvalue weighted by molar-refractivity contribution is 0.0979. The molecule has 1 aliphatic carbocycles. The third-order valence-electron chi connectivity index (χ3n) is 4.42. The average Bonchev–Trinajstić information content (AvgIpc) is 2.66. The van der Waals surface area contributed by atoms with Crippen LogP contribution in [0.1, 0.15) is 37.4 Å². The second kappa shape index (κ2) is 6.00. The molecule has 0 radical (unpaired) electrons. The van der Waals surface area contributed by atoms with Gasteiger partial charge in [-0.3, -0.25) is 9.59 Å². The summed E-state index contributed by atoms with van der Waals surface area (Å²) in [5.41, 5.74) is 9.89. The summed E-state index contributed by atoms with van der Waals surface area (Å²) >= 11 is 0. The molecule has 0 saturated carbocycles. The summed E-state index contributed by atoms with van der Waals surface area (Å²) in [6.45, 7) is 0.477. The van der Waals surface area contributed by atoms with Crippen LogP contribution in [0.25, 0.3) is 0 Å². The minimum atomic E-state index is -0.133. The van der Waals surface area contributed by atoms with E-state index in [0.717, 1.165) is 11.3 Å².